The molecule has 0 saturated heterocycles. The van der Waals surface area contributed by atoms with Crippen molar-refractivity contribution in [2.24, 2.45) is 0 Å². The summed E-state index contributed by atoms with van der Waals surface area (Å²) in [4.78, 5) is 49.0. The summed E-state index contributed by atoms with van der Waals surface area (Å²) in [5.74, 6) is 1.96. The van der Waals surface area contributed by atoms with Gasteiger partial charge in [-0.15, -0.1) is 51.9 Å². The SMILES string of the molecule is CC(=O)c1ccccc1O.Cc1cc(Cl)nc(C)n1.Cc1cc(S(=O)(=O)O)nc(C)n1.Cc1cc(S(=O)(=O)O)nc(C)n1.Cc1cc(SOOO)nc(C)n1.FC(F)(F)c1[c-]c(-c2ccccn2)cc(C(F)(F)F)c1.FC(F)(F)c1[c-]c(-c2ccccn2)cc(C(F)(F)F)c1.[Ir].[Ir]. The Morgan fingerprint density at radius 1 is 0.495 bits per heavy atom. The van der Waals surface area contributed by atoms with Gasteiger partial charge in [-0.2, -0.15) is 69.5 Å². The molecule has 2 radical (unpaired) electrons. The number of benzene rings is 3. The zero-order valence-corrected chi connectivity index (χ0v) is 59.0. The molecule has 3 aromatic carbocycles. The number of pyridine rings is 2. The van der Waals surface area contributed by atoms with E-state index in [1.807, 2.05) is 32.9 Å². The monoisotopic (exact) mass is 1810 g/mol. The molecule has 528 valence electrons. The van der Waals surface area contributed by atoms with Crippen LogP contribution in [0.25, 0.3) is 22.5 Å². The smallest absolute Gasteiger partial charge is 0.399 e. The van der Waals surface area contributed by atoms with Crippen LogP contribution in [0.5, 0.6) is 5.75 Å². The van der Waals surface area contributed by atoms with Crippen molar-refractivity contribution in [3.05, 3.63) is 213 Å². The number of rotatable bonds is 8. The Morgan fingerprint density at radius 3 is 1.14 bits per heavy atom. The topological polar surface area (TPSA) is 314 Å². The van der Waals surface area contributed by atoms with Gasteiger partial charge in [0.2, 0.25) is 0 Å². The van der Waals surface area contributed by atoms with E-state index in [0.717, 1.165) is 29.3 Å². The van der Waals surface area contributed by atoms with Crippen LogP contribution in [0, 0.1) is 67.5 Å². The summed E-state index contributed by atoms with van der Waals surface area (Å²) in [7, 11) is -8.40. The number of alkyl halides is 12. The number of carbonyl (C=O) groups excluding carboxylic acids is 1. The summed E-state index contributed by atoms with van der Waals surface area (Å²) in [6, 6.07) is 26.0. The van der Waals surface area contributed by atoms with Gasteiger partial charge in [-0.1, -0.05) is 53.0 Å². The third-order valence-electron chi connectivity index (χ3n) is 10.6. The number of aromatic nitrogens is 10. The Hall–Kier alpha value is -7.45. The van der Waals surface area contributed by atoms with Crippen molar-refractivity contribution in [3.8, 4) is 28.3 Å². The number of aryl methyl sites for hydroxylation is 8. The second-order valence-corrected chi connectivity index (χ2v) is 22.5. The minimum absolute atomic E-state index is 0. The van der Waals surface area contributed by atoms with Crippen molar-refractivity contribution < 1.29 is 143 Å². The zero-order valence-electron chi connectivity index (χ0n) is 51.0. The minimum atomic E-state index is -4.91. The average molecular weight is 1810 g/mol. The molecule has 97 heavy (non-hydrogen) atoms. The van der Waals surface area contributed by atoms with E-state index in [1.54, 1.807) is 65.0 Å². The van der Waals surface area contributed by atoms with Gasteiger partial charge in [-0.05, 0) is 144 Å². The molecule has 0 aliphatic rings. The quantitative estimate of drug-likeness (QED) is 0.0160. The maximum absolute atomic E-state index is 12.7. The normalized spacial score (nSPS) is 11.1. The van der Waals surface area contributed by atoms with E-state index in [2.05, 4.69) is 59.2 Å². The van der Waals surface area contributed by atoms with Gasteiger partial charge in [0.25, 0.3) is 0 Å². The van der Waals surface area contributed by atoms with Gasteiger partial charge >= 0.3 is 44.9 Å². The summed E-state index contributed by atoms with van der Waals surface area (Å²) in [5, 5.41) is 20.8. The molecule has 0 fully saturated rings. The van der Waals surface area contributed by atoms with Crippen LogP contribution in [0.3, 0.4) is 0 Å². The summed E-state index contributed by atoms with van der Waals surface area (Å²) in [6.07, 6.45) is -17.0. The van der Waals surface area contributed by atoms with Gasteiger partial charge in [-0.3, -0.25) is 13.9 Å². The van der Waals surface area contributed by atoms with Gasteiger partial charge in [0.15, 0.2) is 15.8 Å². The first-order chi connectivity index (χ1) is 43.8. The molecule has 0 unspecified atom stereocenters. The number of ketones is 1. The Bertz CT molecular complexity index is 3910. The molecule has 39 heteroatoms. The van der Waals surface area contributed by atoms with E-state index in [-0.39, 0.29) is 96.4 Å². The molecular formula is C58H51ClF12Ir2N10O11S3-2. The predicted molar refractivity (Wildman–Crippen MR) is 316 cm³/mol. The molecule has 0 aliphatic carbocycles. The molecule has 21 nitrogen and oxygen atoms in total. The Morgan fingerprint density at radius 2 is 0.856 bits per heavy atom. The van der Waals surface area contributed by atoms with Gasteiger partial charge in [0.1, 0.15) is 39.2 Å². The number of halogens is 13. The number of nitrogens with zero attached hydrogens (tertiary/aromatic N) is 10. The fourth-order valence-corrected chi connectivity index (χ4v) is 8.84. The number of para-hydroxylation sites is 1. The van der Waals surface area contributed by atoms with Crippen molar-refractivity contribution in [3.63, 3.8) is 0 Å². The van der Waals surface area contributed by atoms with Crippen LogP contribution in [0.2, 0.25) is 5.15 Å². The number of carbonyl (C=O) groups is 1. The van der Waals surface area contributed by atoms with E-state index in [9.17, 15) is 74.3 Å². The van der Waals surface area contributed by atoms with E-state index in [4.69, 9.17) is 31.1 Å². The van der Waals surface area contributed by atoms with Crippen molar-refractivity contribution in [1.29, 1.82) is 0 Å². The number of hydrogen-bond acceptors (Lipinski definition) is 20. The summed E-state index contributed by atoms with van der Waals surface area (Å²) >= 11 is 6.42. The van der Waals surface area contributed by atoms with Gasteiger partial charge in [0.05, 0.1) is 17.6 Å². The molecule has 0 amide bonds. The fraction of sp³-hybridized carbons (Fsp3) is 0.224. The number of phenolic OH excluding ortho intramolecular Hbond substituents is 1. The van der Waals surface area contributed by atoms with Crippen molar-refractivity contribution in [2.45, 2.75) is 102 Å². The van der Waals surface area contributed by atoms with Crippen LogP contribution in [0.4, 0.5) is 52.7 Å². The van der Waals surface area contributed by atoms with Crippen molar-refractivity contribution in [1.82, 2.24) is 49.8 Å². The van der Waals surface area contributed by atoms with Gasteiger partial charge in [-0.25, -0.2) is 45.1 Å². The molecule has 6 aromatic heterocycles. The number of Topliss-reactive ketones (excluding diaryl/α,β-unsaturated/α-hetero) is 1. The minimum Gasteiger partial charge on any atom is -0.507 e. The Labute approximate surface area is 582 Å². The molecule has 6 heterocycles. The van der Waals surface area contributed by atoms with E-state index >= 15 is 0 Å². The van der Waals surface area contributed by atoms with E-state index in [0.29, 0.717) is 56.7 Å². The molecule has 0 aliphatic heterocycles. The molecule has 9 rings (SSSR count). The second-order valence-electron chi connectivity index (χ2n) is 18.6. The Kier molecular flexibility index (Phi) is 34.9. The first kappa shape index (κ1) is 87.6. The standard InChI is InChI=1S/2C13H6F6N.C8H8O2.C6H7ClN2.3C6H8N2O3S.2Ir/c2*14-12(15,16)9-5-8(11-3-1-2-4-20-11)6-10(7-9)13(17,18)19;1-6(9)7-4-2-3-5-8(7)10;1-4-3-6(7)9-5(2)8-4;2*1-4-3-6(12(9,10)11)8-5(2)7-4;1-4-3-6(12-11-10-9)8-5(2)7-4;;/h2*1-5,7H;2-5,10H,1H3;3H,1-2H3;2*3H,1-2H3,(H,9,10,11);3,9H,1-2H3;;/q2*-1;;;;;;;. The maximum Gasteiger partial charge on any atom is 0.399 e. The molecular weight excluding hydrogens is 1760 g/mol. The average Bonchev–Trinajstić information content (AvgIpc) is 0.807. The third-order valence-corrected chi connectivity index (χ3v) is 12.8. The molecule has 9 aromatic rings. The fourth-order valence-electron chi connectivity index (χ4n) is 6.94. The molecule has 4 N–H and O–H groups in total. The number of hydrogen-bond donors (Lipinski definition) is 4. The third kappa shape index (κ3) is 32.2. The van der Waals surface area contributed by atoms with Crippen LogP contribution in [-0.2, 0) is 94.5 Å². The van der Waals surface area contributed by atoms with Crippen LogP contribution < -0.4 is 0 Å². The van der Waals surface area contributed by atoms with Crippen molar-refractivity contribution in [2.75, 3.05) is 0 Å². The van der Waals surface area contributed by atoms with Gasteiger partial charge in [0, 0.05) is 75.4 Å². The van der Waals surface area contributed by atoms with Crippen LogP contribution in [0.15, 0.2) is 137 Å². The number of phenols is 1. The van der Waals surface area contributed by atoms with E-state index in [1.165, 1.54) is 73.9 Å². The Balaban J connectivity index is 0.000000575. The molecule has 0 atom stereocenters. The van der Waals surface area contributed by atoms with Crippen LogP contribution in [0.1, 0.15) is 85.6 Å². The number of aromatic hydroxyl groups is 1. The first-order valence-electron chi connectivity index (χ1n) is 25.9. The summed E-state index contributed by atoms with van der Waals surface area (Å²) in [6.45, 7) is 15.1. The maximum atomic E-state index is 12.7. The summed E-state index contributed by atoms with van der Waals surface area (Å²) < 4.78 is 216. The molecule has 0 spiro atoms. The molecule has 0 saturated carbocycles. The largest absolute Gasteiger partial charge is 0.507 e. The van der Waals surface area contributed by atoms with Crippen LogP contribution >= 0.6 is 23.6 Å². The second kappa shape index (κ2) is 38.6. The van der Waals surface area contributed by atoms with Gasteiger partial charge < -0.3 is 15.1 Å². The molecule has 0 bridgehead atoms. The van der Waals surface area contributed by atoms with E-state index < -0.39 is 67.2 Å². The van der Waals surface area contributed by atoms with Crippen LogP contribution in [-0.4, -0.2) is 91.9 Å². The van der Waals surface area contributed by atoms with Crippen molar-refractivity contribution >= 4 is 49.7 Å². The first-order valence-corrected chi connectivity index (χ1v) is 29.9. The predicted octanol–water partition coefficient (Wildman–Crippen LogP) is 14.7. The zero-order chi connectivity index (χ0) is 72.0. The summed E-state index contributed by atoms with van der Waals surface area (Å²) in [5.41, 5.74) is -3.31.